The predicted octanol–water partition coefficient (Wildman–Crippen LogP) is 3.69. The summed E-state index contributed by atoms with van der Waals surface area (Å²) in [5, 5.41) is 3.19. The average molecular weight is 284 g/mol. The first kappa shape index (κ1) is 14.1. The molecule has 0 saturated heterocycles. The molecule has 0 aliphatic carbocycles. The first-order valence-electron chi connectivity index (χ1n) is 7.60. The van der Waals surface area contributed by atoms with E-state index in [-0.39, 0.29) is 5.82 Å². The van der Waals surface area contributed by atoms with Gasteiger partial charge < -0.3 is 5.32 Å². The van der Waals surface area contributed by atoms with Crippen LogP contribution in [0.3, 0.4) is 0 Å². The zero-order valence-electron chi connectivity index (χ0n) is 12.2. The van der Waals surface area contributed by atoms with Crippen LogP contribution >= 0.6 is 0 Å². The number of hydrogen-bond donors (Lipinski definition) is 1. The third-order valence-corrected chi connectivity index (χ3v) is 4.05. The third-order valence-electron chi connectivity index (χ3n) is 4.05. The molecular weight excluding hydrogens is 263 g/mol. The Hall–Kier alpha value is -1.87. The second kappa shape index (κ2) is 6.72. The number of hydrogen-bond acceptors (Lipinski definition) is 2. The standard InChI is InChI=1S/C18H21FN2/c19-17-9-3-4-10-18(17)20-11-13-21-12-5-8-15-6-1-2-7-16(15)14-21/h1-4,6-7,9-10,20H,5,8,11-14H2. The van der Waals surface area contributed by atoms with Gasteiger partial charge in [-0.1, -0.05) is 36.4 Å². The molecule has 2 aromatic rings. The minimum Gasteiger partial charge on any atom is -0.381 e. The van der Waals surface area contributed by atoms with Gasteiger partial charge in [-0.25, -0.2) is 4.39 Å². The van der Waals surface area contributed by atoms with E-state index in [0.29, 0.717) is 5.69 Å². The van der Waals surface area contributed by atoms with Gasteiger partial charge in [0.05, 0.1) is 5.69 Å². The maximum absolute atomic E-state index is 13.5. The molecule has 0 unspecified atom stereocenters. The number of nitrogens with zero attached hydrogens (tertiary/aromatic N) is 1. The SMILES string of the molecule is Fc1ccccc1NCCN1CCCc2ccccc2C1. The molecule has 3 rings (SSSR count). The van der Waals surface area contributed by atoms with Gasteiger partial charge >= 0.3 is 0 Å². The molecule has 0 fully saturated rings. The molecule has 0 aromatic heterocycles. The van der Waals surface area contributed by atoms with E-state index in [9.17, 15) is 4.39 Å². The summed E-state index contributed by atoms with van der Waals surface area (Å²) in [4.78, 5) is 2.44. The van der Waals surface area contributed by atoms with Crippen LogP contribution in [0.2, 0.25) is 0 Å². The maximum Gasteiger partial charge on any atom is 0.146 e. The van der Waals surface area contributed by atoms with Gasteiger partial charge in [0.1, 0.15) is 5.82 Å². The Bertz CT molecular complexity index is 597. The molecule has 0 spiro atoms. The molecular formula is C18H21FN2. The van der Waals surface area contributed by atoms with Gasteiger partial charge in [0, 0.05) is 19.6 Å². The topological polar surface area (TPSA) is 15.3 Å². The van der Waals surface area contributed by atoms with Crippen molar-refractivity contribution < 1.29 is 4.39 Å². The van der Waals surface area contributed by atoms with Gasteiger partial charge in [-0.3, -0.25) is 4.90 Å². The molecule has 0 amide bonds. The zero-order valence-corrected chi connectivity index (χ0v) is 12.2. The zero-order chi connectivity index (χ0) is 14.5. The number of halogens is 1. The van der Waals surface area contributed by atoms with Crippen molar-refractivity contribution in [3.63, 3.8) is 0 Å². The van der Waals surface area contributed by atoms with Crippen molar-refractivity contribution >= 4 is 5.69 Å². The summed E-state index contributed by atoms with van der Waals surface area (Å²) in [5.41, 5.74) is 3.50. The molecule has 110 valence electrons. The van der Waals surface area contributed by atoms with Crippen LogP contribution in [0.4, 0.5) is 10.1 Å². The highest BCUT2D eigenvalue weighted by atomic mass is 19.1. The lowest BCUT2D eigenvalue weighted by atomic mass is 10.0. The molecule has 1 aliphatic heterocycles. The maximum atomic E-state index is 13.5. The summed E-state index contributed by atoms with van der Waals surface area (Å²) in [6.07, 6.45) is 2.35. The first-order chi connectivity index (χ1) is 10.3. The van der Waals surface area contributed by atoms with E-state index in [1.165, 1.54) is 23.6 Å². The lowest BCUT2D eigenvalue weighted by Crippen LogP contribution is -2.29. The highest BCUT2D eigenvalue weighted by Gasteiger charge is 2.13. The van der Waals surface area contributed by atoms with E-state index in [2.05, 4.69) is 34.5 Å². The number of benzene rings is 2. The fourth-order valence-electron chi connectivity index (χ4n) is 2.91. The van der Waals surface area contributed by atoms with Crippen molar-refractivity contribution in [1.82, 2.24) is 4.90 Å². The quantitative estimate of drug-likeness (QED) is 0.921. The highest BCUT2D eigenvalue weighted by Crippen LogP contribution is 2.18. The van der Waals surface area contributed by atoms with E-state index in [4.69, 9.17) is 0 Å². The van der Waals surface area contributed by atoms with Crippen molar-refractivity contribution in [2.24, 2.45) is 0 Å². The second-order valence-electron chi connectivity index (χ2n) is 5.56. The summed E-state index contributed by atoms with van der Waals surface area (Å²) < 4.78 is 13.5. The summed E-state index contributed by atoms with van der Waals surface area (Å²) in [6.45, 7) is 3.80. The van der Waals surface area contributed by atoms with Crippen LogP contribution in [0.15, 0.2) is 48.5 Å². The lowest BCUT2D eigenvalue weighted by molar-refractivity contribution is 0.280. The summed E-state index contributed by atoms with van der Waals surface area (Å²) >= 11 is 0. The van der Waals surface area contributed by atoms with E-state index in [1.807, 2.05) is 6.07 Å². The van der Waals surface area contributed by atoms with Crippen LogP contribution in [-0.4, -0.2) is 24.5 Å². The Kier molecular flexibility index (Phi) is 4.51. The Morgan fingerprint density at radius 2 is 1.76 bits per heavy atom. The lowest BCUT2D eigenvalue weighted by Gasteiger charge is -2.21. The van der Waals surface area contributed by atoms with Crippen molar-refractivity contribution in [2.45, 2.75) is 19.4 Å². The monoisotopic (exact) mass is 284 g/mol. The predicted molar refractivity (Wildman–Crippen MR) is 84.9 cm³/mol. The minimum atomic E-state index is -0.182. The van der Waals surface area contributed by atoms with Crippen molar-refractivity contribution in [1.29, 1.82) is 0 Å². The number of fused-ring (bicyclic) bond motifs is 1. The molecule has 1 N–H and O–H groups in total. The molecule has 1 heterocycles. The normalized spacial score (nSPS) is 15.3. The molecule has 1 aliphatic rings. The molecule has 21 heavy (non-hydrogen) atoms. The third kappa shape index (κ3) is 3.61. The van der Waals surface area contributed by atoms with Gasteiger partial charge in [0.25, 0.3) is 0 Å². The molecule has 2 nitrogen and oxygen atoms in total. The first-order valence-corrected chi connectivity index (χ1v) is 7.60. The Morgan fingerprint density at radius 1 is 1.00 bits per heavy atom. The van der Waals surface area contributed by atoms with Crippen LogP contribution in [0.25, 0.3) is 0 Å². The molecule has 3 heteroatoms. The number of nitrogens with one attached hydrogen (secondary N) is 1. The van der Waals surface area contributed by atoms with E-state index < -0.39 is 0 Å². The average Bonchev–Trinajstić information content (AvgIpc) is 2.71. The van der Waals surface area contributed by atoms with Crippen LogP contribution < -0.4 is 5.32 Å². The number of para-hydroxylation sites is 1. The summed E-state index contributed by atoms with van der Waals surface area (Å²) in [5.74, 6) is -0.182. The smallest absolute Gasteiger partial charge is 0.146 e. The number of aryl methyl sites for hydroxylation is 1. The Morgan fingerprint density at radius 3 is 2.62 bits per heavy atom. The van der Waals surface area contributed by atoms with Crippen LogP contribution in [0, 0.1) is 5.82 Å². The van der Waals surface area contributed by atoms with Crippen LogP contribution in [-0.2, 0) is 13.0 Å². The molecule has 0 saturated carbocycles. The van der Waals surface area contributed by atoms with Crippen molar-refractivity contribution in [2.75, 3.05) is 25.0 Å². The largest absolute Gasteiger partial charge is 0.381 e. The van der Waals surface area contributed by atoms with Gasteiger partial charge in [0.2, 0.25) is 0 Å². The molecule has 0 atom stereocenters. The minimum absolute atomic E-state index is 0.182. The van der Waals surface area contributed by atoms with Gasteiger partial charge in [-0.05, 0) is 42.6 Å². The van der Waals surface area contributed by atoms with E-state index in [0.717, 1.165) is 32.6 Å². The molecule has 0 radical (unpaired) electrons. The van der Waals surface area contributed by atoms with Gasteiger partial charge in [-0.15, -0.1) is 0 Å². The summed E-state index contributed by atoms with van der Waals surface area (Å²) in [6, 6.07) is 15.5. The van der Waals surface area contributed by atoms with E-state index in [1.54, 1.807) is 12.1 Å². The number of rotatable bonds is 4. The van der Waals surface area contributed by atoms with E-state index >= 15 is 0 Å². The summed E-state index contributed by atoms with van der Waals surface area (Å²) in [7, 11) is 0. The van der Waals surface area contributed by atoms with Gasteiger partial charge in [-0.2, -0.15) is 0 Å². The fourth-order valence-corrected chi connectivity index (χ4v) is 2.91. The van der Waals surface area contributed by atoms with Crippen LogP contribution in [0.1, 0.15) is 17.5 Å². The van der Waals surface area contributed by atoms with Gasteiger partial charge in [0.15, 0.2) is 0 Å². The van der Waals surface area contributed by atoms with Crippen molar-refractivity contribution in [3.8, 4) is 0 Å². The van der Waals surface area contributed by atoms with Crippen LogP contribution in [0.5, 0.6) is 0 Å². The highest BCUT2D eigenvalue weighted by molar-refractivity contribution is 5.44. The Balaban J connectivity index is 1.55. The fraction of sp³-hybridized carbons (Fsp3) is 0.333. The second-order valence-corrected chi connectivity index (χ2v) is 5.56. The molecule has 0 bridgehead atoms. The van der Waals surface area contributed by atoms with Crippen molar-refractivity contribution in [3.05, 3.63) is 65.5 Å². The molecule has 2 aromatic carbocycles. The Labute approximate surface area is 125 Å². The number of anilines is 1.